The summed E-state index contributed by atoms with van der Waals surface area (Å²) in [6.45, 7) is 0. The Morgan fingerprint density at radius 2 is 0.750 bits per heavy atom. The van der Waals surface area contributed by atoms with Crippen molar-refractivity contribution >= 4 is 59.1 Å². The molecule has 0 aliphatic carbocycles. The molecule has 46 valence electrons. The first-order valence-electron chi connectivity index (χ1n) is 2.14. The van der Waals surface area contributed by atoms with Crippen molar-refractivity contribution in [2.45, 2.75) is 0 Å². The Hall–Kier alpha value is -0.300. The van der Waals surface area contributed by atoms with Crippen molar-refractivity contribution in [2.75, 3.05) is 0 Å². The van der Waals surface area contributed by atoms with Crippen LogP contribution in [-0.4, -0.2) is 59.1 Å². The van der Waals surface area contributed by atoms with Gasteiger partial charge in [0, 0.05) is 59.1 Å². The molecule has 4 nitrogen and oxygen atoms in total. The zero-order valence-electron chi connectivity index (χ0n) is 6.79. The molecule has 0 atom stereocenters. The summed E-state index contributed by atoms with van der Waals surface area (Å²) in [6.07, 6.45) is 0. The smallest absolute Gasteiger partial charge is 0.158 e. The van der Waals surface area contributed by atoms with Crippen LogP contribution >= 0.6 is 0 Å². The number of rotatable bonds is 0. The minimum absolute atomic E-state index is 0. The maximum atomic E-state index is 8.13. The van der Waals surface area contributed by atoms with Crippen molar-refractivity contribution in [3.8, 4) is 24.3 Å². The van der Waals surface area contributed by atoms with Crippen LogP contribution < -0.4 is 0 Å². The summed E-state index contributed by atoms with van der Waals surface area (Å²) in [5.74, 6) is 0. The molecule has 0 amide bonds. The molecule has 0 unspecified atom stereocenters. The van der Waals surface area contributed by atoms with Crippen LogP contribution in [0.2, 0.25) is 0 Å². The molecule has 0 aliphatic rings. The summed E-state index contributed by atoms with van der Waals surface area (Å²) in [7, 11) is 0. The predicted octanol–water partition coefficient (Wildman–Crippen LogP) is -0.384. The molecule has 0 N–H and O–H groups in total. The van der Waals surface area contributed by atoms with Gasteiger partial charge < -0.3 is 0 Å². The Balaban J connectivity index is -0.000000405. The van der Waals surface area contributed by atoms with Crippen molar-refractivity contribution < 1.29 is 0 Å². The molecule has 2 radical (unpaired) electrons. The molecule has 0 saturated heterocycles. The summed E-state index contributed by atoms with van der Waals surface area (Å²) in [6, 6.07) is 5.71. The summed E-state index contributed by atoms with van der Waals surface area (Å²) in [5, 5.41) is 32.5. The van der Waals surface area contributed by atoms with Crippen molar-refractivity contribution in [1.29, 1.82) is 21.0 Å². The Bertz CT molecular complexity index is 265. The molecule has 0 bridgehead atoms. The van der Waals surface area contributed by atoms with Crippen LogP contribution in [0.1, 0.15) is 0 Å². The largest absolute Gasteiger partial charge is 0.192 e. The van der Waals surface area contributed by atoms with Crippen LogP contribution in [0.15, 0.2) is 11.1 Å². The van der Waals surface area contributed by atoms with Gasteiger partial charge in [0.25, 0.3) is 0 Å². The van der Waals surface area contributed by atoms with Gasteiger partial charge in [-0.2, -0.15) is 21.0 Å². The average molecular weight is 174 g/mol. The fourth-order valence-electron chi connectivity index (χ4n) is 0.274. The maximum absolute atomic E-state index is 8.13. The molecular formula is C6N4Na2. The van der Waals surface area contributed by atoms with E-state index in [1.54, 1.807) is 0 Å². The van der Waals surface area contributed by atoms with E-state index in [-0.39, 0.29) is 59.1 Å². The molecule has 0 aromatic rings. The summed E-state index contributed by atoms with van der Waals surface area (Å²) < 4.78 is 0. The van der Waals surface area contributed by atoms with Crippen LogP contribution in [0, 0.1) is 45.3 Å². The first-order valence-corrected chi connectivity index (χ1v) is 2.14. The third-order valence-corrected chi connectivity index (χ3v) is 0.697. The molecule has 0 aromatic carbocycles. The van der Waals surface area contributed by atoms with Gasteiger partial charge >= 0.3 is 0 Å². The molecule has 6 heteroatoms. The van der Waals surface area contributed by atoms with E-state index in [0.29, 0.717) is 0 Å². The van der Waals surface area contributed by atoms with Crippen LogP contribution in [0.4, 0.5) is 0 Å². The Morgan fingerprint density at radius 1 is 0.583 bits per heavy atom. The van der Waals surface area contributed by atoms with E-state index < -0.39 is 11.1 Å². The minimum atomic E-state index is -0.440. The number of nitriles is 4. The second-order valence-electron chi connectivity index (χ2n) is 1.20. The zero-order valence-corrected chi connectivity index (χ0v) is 10.8. The Kier molecular flexibility index (Phi) is 15.8. The first kappa shape index (κ1) is 17.7. The normalized spacial score (nSPS) is 4.67. The molecule has 0 heterocycles. The summed E-state index contributed by atoms with van der Waals surface area (Å²) in [5.41, 5.74) is -0.880. The fourth-order valence-corrected chi connectivity index (χ4v) is 0.274. The molecule has 0 rings (SSSR count). The van der Waals surface area contributed by atoms with Crippen molar-refractivity contribution in [2.24, 2.45) is 0 Å². The Labute approximate surface area is 114 Å². The predicted molar refractivity (Wildman–Crippen MR) is 41.0 cm³/mol. The molecule has 0 aromatic heterocycles. The Morgan fingerprint density at radius 3 is 0.833 bits per heavy atom. The van der Waals surface area contributed by atoms with Gasteiger partial charge in [0.05, 0.1) is 0 Å². The third kappa shape index (κ3) is 5.36. The maximum Gasteiger partial charge on any atom is 0.158 e. The number of hydrogen-bond acceptors (Lipinski definition) is 4. The van der Waals surface area contributed by atoms with E-state index in [2.05, 4.69) is 0 Å². The van der Waals surface area contributed by atoms with Gasteiger partial charge in [-0.15, -0.1) is 0 Å². The van der Waals surface area contributed by atoms with Gasteiger partial charge in [0.15, 0.2) is 11.1 Å². The van der Waals surface area contributed by atoms with Gasteiger partial charge in [0.1, 0.15) is 24.3 Å². The van der Waals surface area contributed by atoms with Gasteiger partial charge in [-0.25, -0.2) is 0 Å². The quantitative estimate of drug-likeness (QED) is 0.369. The van der Waals surface area contributed by atoms with E-state index >= 15 is 0 Å². The van der Waals surface area contributed by atoms with Crippen LogP contribution in [0.3, 0.4) is 0 Å². The van der Waals surface area contributed by atoms with Crippen molar-refractivity contribution in [1.82, 2.24) is 0 Å². The van der Waals surface area contributed by atoms with E-state index in [1.165, 1.54) is 24.3 Å². The van der Waals surface area contributed by atoms with E-state index in [4.69, 9.17) is 21.0 Å². The van der Waals surface area contributed by atoms with Gasteiger partial charge in [0.2, 0.25) is 0 Å². The second-order valence-corrected chi connectivity index (χ2v) is 1.20. The van der Waals surface area contributed by atoms with Crippen LogP contribution in [0.25, 0.3) is 0 Å². The van der Waals surface area contributed by atoms with Gasteiger partial charge in [-0.3, -0.25) is 0 Å². The number of nitrogens with zero attached hydrogens (tertiary/aromatic N) is 4. The van der Waals surface area contributed by atoms with Gasteiger partial charge in [-0.05, 0) is 0 Å². The average Bonchev–Trinajstić information content (AvgIpc) is 2.00. The topological polar surface area (TPSA) is 95.2 Å². The first-order chi connectivity index (χ1) is 4.79. The molecular weight excluding hydrogens is 174 g/mol. The standard InChI is InChI=1S/C6N4.2Na/c7-1-5(2-8)6(3-9)4-10;;. The molecule has 0 fully saturated rings. The van der Waals surface area contributed by atoms with Crippen molar-refractivity contribution in [3.63, 3.8) is 0 Å². The SMILES string of the molecule is N#CC(C#N)=C(C#N)C#N.[Na].[Na]. The monoisotopic (exact) mass is 174 g/mol. The molecule has 0 saturated carbocycles. The third-order valence-electron chi connectivity index (χ3n) is 0.697. The second kappa shape index (κ2) is 10.7. The summed E-state index contributed by atoms with van der Waals surface area (Å²) in [4.78, 5) is 0. The van der Waals surface area contributed by atoms with Crippen molar-refractivity contribution in [3.05, 3.63) is 11.1 Å². The molecule has 12 heavy (non-hydrogen) atoms. The van der Waals surface area contributed by atoms with Gasteiger partial charge in [-0.1, -0.05) is 0 Å². The van der Waals surface area contributed by atoms with E-state index in [1.807, 2.05) is 0 Å². The molecule has 0 aliphatic heterocycles. The van der Waals surface area contributed by atoms with E-state index in [9.17, 15) is 0 Å². The number of allylic oxidation sites excluding steroid dienone is 2. The minimum Gasteiger partial charge on any atom is -0.192 e. The van der Waals surface area contributed by atoms with Crippen LogP contribution in [-0.2, 0) is 0 Å². The fraction of sp³-hybridized carbons (Fsp3) is 0. The zero-order chi connectivity index (χ0) is 7.98. The van der Waals surface area contributed by atoms with E-state index in [0.717, 1.165) is 0 Å². The molecule has 0 spiro atoms. The van der Waals surface area contributed by atoms with Crippen LogP contribution in [0.5, 0.6) is 0 Å². The number of hydrogen-bond donors (Lipinski definition) is 0. The summed E-state index contributed by atoms with van der Waals surface area (Å²) >= 11 is 0.